The molecule has 34 heavy (non-hydrogen) atoms. The summed E-state index contributed by atoms with van der Waals surface area (Å²) < 4.78 is 0. The smallest absolute Gasteiger partial charge is 0.234 e. The third-order valence-electron chi connectivity index (χ3n) is 4.88. The number of hydrogen-bond acceptors (Lipinski definition) is 9. The molecule has 2 aliphatic rings. The molecule has 12 heteroatoms. The van der Waals surface area contributed by atoms with E-state index in [1.807, 2.05) is 6.07 Å². The van der Waals surface area contributed by atoms with E-state index in [9.17, 15) is 4.79 Å². The van der Waals surface area contributed by atoms with Gasteiger partial charge in [-0.2, -0.15) is 20.1 Å². The largest absolute Gasteiger partial charge is 0.338 e. The van der Waals surface area contributed by atoms with E-state index in [0.717, 1.165) is 25.1 Å². The topological polar surface area (TPSA) is 125 Å². The van der Waals surface area contributed by atoms with Gasteiger partial charge < -0.3 is 15.5 Å². The average Bonchev–Trinajstić information content (AvgIpc) is 3.18. The minimum atomic E-state index is 0.199. The summed E-state index contributed by atoms with van der Waals surface area (Å²) in [7, 11) is 0. The van der Waals surface area contributed by atoms with Gasteiger partial charge in [0, 0.05) is 41.8 Å². The Hall–Kier alpha value is -3.49. The van der Waals surface area contributed by atoms with E-state index in [1.54, 1.807) is 11.6 Å². The van der Waals surface area contributed by atoms with Crippen molar-refractivity contribution in [3.8, 4) is 12.8 Å². The van der Waals surface area contributed by atoms with E-state index < -0.39 is 0 Å². The number of carbonyl (C=O) groups is 1. The zero-order valence-electron chi connectivity index (χ0n) is 18.9. The van der Waals surface area contributed by atoms with Crippen LogP contribution >= 0.6 is 22.9 Å². The molecule has 1 atom stereocenters. The van der Waals surface area contributed by atoms with Crippen molar-refractivity contribution >= 4 is 52.2 Å². The van der Waals surface area contributed by atoms with Crippen molar-refractivity contribution < 1.29 is 4.79 Å². The van der Waals surface area contributed by atoms with E-state index in [1.165, 1.54) is 24.2 Å². The summed E-state index contributed by atoms with van der Waals surface area (Å²) in [6, 6.07) is 2.44. The van der Waals surface area contributed by atoms with E-state index >= 15 is 0 Å². The number of carbonyl (C=O) groups excluding carboxylic acids is 1. The number of amides is 1. The van der Waals surface area contributed by atoms with Crippen LogP contribution in [0.15, 0.2) is 30.8 Å². The van der Waals surface area contributed by atoms with Crippen molar-refractivity contribution in [1.82, 2.24) is 30.1 Å². The molecule has 0 radical (unpaired) electrons. The van der Waals surface area contributed by atoms with Crippen molar-refractivity contribution in [2.75, 3.05) is 22.1 Å². The van der Waals surface area contributed by atoms with Crippen molar-refractivity contribution in [3.05, 3.63) is 41.8 Å². The Labute approximate surface area is 208 Å². The zero-order chi connectivity index (χ0) is 24.9. The maximum atomic E-state index is 9.73. The summed E-state index contributed by atoms with van der Waals surface area (Å²) in [6.07, 6.45) is 15.0. The molecule has 0 spiro atoms. The first-order valence-electron chi connectivity index (χ1n) is 10.6. The molecule has 3 aromatic heterocycles. The summed E-state index contributed by atoms with van der Waals surface area (Å²) in [5.74, 6) is 2.41. The Morgan fingerprint density at radius 1 is 1.26 bits per heavy atom. The van der Waals surface area contributed by atoms with Crippen LogP contribution in [0.1, 0.15) is 44.2 Å². The lowest BCUT2D eigenvalue weighted by molar-refractivity contribution is -0.105. The monoisotopic (exact) mass is 501 g/mol. The summed E-state index contributed by atoms with van der Waals surface area (Å²) in [5, 5.41) is 15.5. The fourth-order valence-corrected chi connectivity index (χ4v) is 3.86. The molecule has 3 aromatic rings. The normalized spacial score (nSPS) is 16.0. The van der Waals surface area contributed by atoms with Crippen LogP contribution in [0.3, 0.4) is 0 Å². The predicted molar refractivity (Wildman–Crippen MR) is 138 cm³/mol. The molecule has 1 saturated carbocycles. The van der Waals surface area contributed by atoms with Crippen LogP contribution in [0, 0.1) is 12.8 Å². The van der Waals surface area contributed by atoms with Gasteiger partial charge in [0.05, 0.1) is 0 Å². The highest BCUT2D eigenvalue weighted by molar-refractivity contribution is 7.13. The number of aromatic amines is 1. The number of H-pyrrole nitrogens is 1. The van der Waals surface area contributed by atoms with Crippen LogP contribution in [-0.2, 0) is 4.79 Å². The van der Waals surface area contributed by atoms with Crippen molar-refractivity contribution in [1.29, 1.82) is 0 Å². The molecule has 1 amide bonds. The minimum Gasteiger partial charge on any atom is -0.338 e. The molecule has 180 valence electrons. The third kappa shape index (κ3) is 7.83. The van der Waals surface area contributed by atoms with Gasteiger partial charge in [-0.05, 0) is 44.2 Å². The van der Waals surface area contributed by atoms with Gasteiger partial charge in [-0.1, -0.05) is 0 Å². The highest BCUT2D eigenvalue weighted by Gasteiger charge is 2.26. The minimum absolute atomic E-state index is 0.199. The quantitative estimate of drug-likeness (QED) is 0.254. The lowest BCUT2D eigenvalue weighted by Gasteiger charge is -2.21. The van der Waals surface area contributed by atoms with Gasteiger partial charge in [0.2, 0.25) is 23.6 Å². The van der Waals surface area contributed by atoms with Gasteiger partial charge in [-0.15, -0.1) is 37.3 Å². The predicted octanol–water partition coefficient (Wildman–Crippen LogP) is 4.62. The molecule has 3 N–H and O–H groups in total. The van der Waals surface area contributed by atoms with E-state index in [2.05, 4.69) is 78.6 Å². The summed E-state index contributed by atoms with van der Waals surface area (Å²) >= 11 is 7.44. The fourth-order valence-electron chi connectivity index (χ4n) is 3.22. The summed E-state index contributed by atoms with van der Waals surface area (Å²) in [6.45, 7) is 9.13. The van der Waals surface area contributed by atoms with Crippen molar-refractivity contribution in [2.45, 2.75) is 44.6 Å². The molecule has 2 fully saturated rings. The molecule has 0 bridgehead atoms. The number of hydrogen-bond donors (Lipinski definition) is 3. The van der Waals surface area contributed by atoms with Crippen LogP contribution in [0.2, 0.25) is 5.28 Å². The lowest BCUT2D eigenvalue weighted by Crippen LogP contribution is -2.28. The van der Waals surface area contributed by atoms with Crippen molar-refractivity contribution in [3.63, 3.8) is 0 Å². The second-order valence-electron chi connectivity index (χ2n) is 7.12. The number of thiazole rings is 1. The van der Waals surface area contributed by atoms with Crippen molar-refractivity contribution in [2.24, 2.45) is 0 Å². The van der Waals surface area contributed by atoms with Gasteiger partial charge in [0.15, 0.2) is 10.9 Å². The Bertz CT molecular complexity index is 1040. The Morgan fingerprint density at radius 3 is 2.62 bits per heavy atom. The SMILES string of the molecule is C#C.C=C.C[C@H]1CCCN1c1nc(Cl)nc(Nc2cc(C3CC3)[nH]n2)n1.O=CNc1nccs1. The molecule has 5 rings (SSSR count). The maximum Gasteiger partial charge on any atom is 0.234 e. The number of aromatic nitrogens is 6. The molecule has 4 heterocycles. The number of nitrogens with zero attached hydrogens (tertiary/aromatic N) is 6. The highest BCUT2D eigenvalue weighted by Crippen LogP contribution is 2.39. The van der Waals surface area contributed by atoms with Crippen LogP contribution < -0.4 is 15.5 Å². The van der Waals surface area contributed by atoms with Crippen LogP contribution in [0.25, 0.3) is 0 Å². The fraction of sp³-hybridized carbons (Fsp3) is 0.364. The maximum absolute atomic E-state index is 9.73. The number of rotatable bonds is 6. The van der Waals surface area contributed by atoms with Gasteiger partial charge in [0.25, 0.3) is 0 Å². The van der Waals surface area contributed by atoms with Gasteiger partial charge in [-0.25, -0.2) is 4.98 Å². The second kappa shape index (κ2) is 13.9. The van der Waals surface area contributed by atoms with Gasteiger partial charge in [-0.3, -0.25) is 9.89 Å². The molecule has 1 aliphatic heterocycles. The summed E-state index contributed by atoms with van der Waals surface area (Å²) in [5.41, 5.74) is 1.16. The van der Waals surface area contributed by atoms with Crippen LogP contribution in [-0.4, -0.2) is 49.1 Å². The molecule has 10 nitrogen and oxygen atoms in total. The average molecular weight is 502 g/mol. The standard InChI is InChI=1S/C14H18ClN7.C4H4N2OS.C2H4.C2H2/c1-8-3-2-6-22(8)14-18-12(15)17-13(19-14)16-11-7-10(20-21-11)9-4-5-9;7-3-6-4-5-1-2-8-4;2*1-2/h7-9H,2-6H2,1H3,(H2,16,17,18,19,20,21);1-3H,(H,5,6,7);1-2H2;1-2H/t8-;;;/m0.../s1. The molecular weight excluding hydrogens is 474 g/mol. The van der Waals surface area contributed by atoms with E-state index in [0.29, 0.717) is 41.2 Å². The number of terminal acetylenes is 1. The van der Waals surface area contributed by atoms with E-state index in [4.69, 9.17) is 11.6 Å². The molecule has 0 unspecified atom stereocenters. The second-order valence-corrected chi connectivity index (χ2v) is 8.35. The molecular formula is C22H28ClN9OS. The number of nitrogens with one attached hydrogen (secondary N) is 3. The van der Waals surface area contributed by atoms with Crippen LogP contribution in [0.4, 0.5) is 22.8 Å². The molecule has 0 aromatic carbocycles. The van der Waals surface area contributed by atoms with E-state index in [-0.39, 0.29) is 5.28 Å². The highest BCUT2D eigenvalue weighted by atomic mass is 35.5. The summed E-state index contributed by atoms with van der Waals surface area (Å²) in [4.78, 5) is 28.6. The van der Waals surface area contributed by atoms with Gasteiger partial charge in [0.1, 0.15) is 0 Å². The molecule has 1 saturated heterocycles. The first kappa shape index (κ1) is 26.8. The number of halogens is 1. The third-order valence-corrected chi connectivity index (χ3v) is 5.75. The Balaban J connectivity index is 0.000000286. The Kier molecular flexibility index (Phi) is 11.0. The first-order chi connectivity index (χ1) is 16.6. The Morgan fingerprint density at radius 2 is 2.03 bits per heavy atom. The number of anilines is 4. The molecule has 1 aliphatic carbocycles. The zero-order valence-corrected chi connectivity index (χ0v) is 20.5. The van der Waals surface area contributed by atoms with Gasteiger partial charge >= 0.3 is 0 Å². The van der Waals surface area contributed by atoms with Crippen LogP contribution in [0.5, 0.6) is 0 Å². The first-order valence-corrected chi connectivity index (χ1v) is 11.8. The lowest BCUT2D eigenvalue weighted by atomic mass is 10.2.